The van der Waals surface area contributed by atoms with E-state index in [2.05, 4.69) is 59.9 Å². The van der Waals surface area contributed by atoms with E-state index in [0.717, 1.165) is 29.7 Å². The van der Waals surface area contributed by atoms with Gasteiger partial charge in [-0.15, -0.1) is 11.5 Å². The lowest BCUT2D eigenvalue weighted by molar-refractivity contribution is 0.101. The predicted octanol–water partition coefficient (Wildman–Crippen LogP) is 6.19. The van der Waals surface area contributed by atoms with Gasteiger partial charge in [-0.25, -0.2) is 0 Å². The van der Waals surface area contributed by atoms with E-state index in [1.807, 2.05) is 18.2 Å². The molecule has 142 valence electrons. The van der Waals surface area contributed by atoms with Gasteiger partial charge >= 0.3 is 0 Å². The summed E-state index contributed by atoms with van der Waals surface area (Å²) in [5.41, 5.74) is 7.31. The van der Waals surface area contributed by atoms with Crippen LogP contribution in [0.15, 0.2) is 18.2 Å². The van der Waals surface area contributed by atoms with Crippen molar-refractivity contribution in [3.8, 4) is 17.2 Å². The first-order chi connectivity index (χ1) is 12.0. The van der Waals surface area contributed by atoms with Gasteiger partial charge in [-0.05, 0) is 54.2 Å². The standard InChI is InChI=1S/C23H34O2Si/c1-16(2)26(17(3)4,18(5)6)13-9-12-23(8)15-21-14-20(19(7)24)10-11-22(21)25-23/h10-11,14,16-18H,12,15H2,1-8H3. The number of hydrogen-bond donors (Lipinski definition) is 0. The summed E-state index contributed by atoms with van der Waals surface area (Å²) < 4.78 is 6.23. The Kier molecular flexibility index (Phi) is 6.08. The van der Waals surface area contributed by atoms with Gasteiger partial charge in [-0.3, -0.25) is 4.79 Å². The molecule has 0 aromatic heterocycles. The molecule has 3 heteroatoms. The minimum atomic E-state index is -1.70. The molecule has 26 heavy (non-hydrogen) atoms. The molecule has 1 aromatic rings. The summed E-state index contributed by atoms with van der Waals surface area (Å²) in [7, 11) is -1.70. The maximum atomic E-state index is 11.6. The van der Waals surface area contributed by atoms with Crippen LogP contribution in [-0.4, -0.2) is 19.5 Å². The Hall–Kier alpha value is -1.53. The normalized spacial score (nSPS) is 19.3. The highest BCUT2D eigenvalue weighted by molar-refractivity contribution is 6.90. The third-order valence-electron chi connectivity index (χ3n) is 6.02. The highest BCUT2D eigenvalue weighted by atomic mass is 28.3. The molecule has 2 nitrogen and oxygen atoms in total. The molecule has 0 saturated carbocycles. The predicted molar refractivity (Wildman–Crippen MR) is 113 cm³/mol. The molecule has 1 aliphatic heterocycles. The van der Waals surface area contributed by atoms with Gasteiger partial charge in [-0.2, -0.15) is 0 Å². The average Bonchev–Trinajstić information content (AvgIpc) is 2.85. The molecule has 1 aromatic carbocycles. The van der Waals surface area contributed by atoms with Gasteiger partial charge in [0.05, 0.1) is 0 Å². The molecule has 0 fully saturated rings. The zero-order valence-corrected chi connectivity index (χ0v) is 18.7. The van der Waals surface area contributed by atoms with Crippen LogP contribution in [0, 0.1) is 11.5 Å². The number of hydrogen-bond acceptors (Lipinski definition) is 2. The van der Waals surface area contributed by atoms with Gasteiger partial charge in [0.1, 0.15) is 19.4 Å². The fraction of sp³-hybridized carbons (Fsp3) is 0.609. The Bertz CT molecular complexity index is 715. The third kappa shape index (κ3) is 3.91. The minimum Gasteiger partial charge on any atom is -0.486 e. The molecule has 0 spiro atoms. The lowest BCUT2D eigenvalue weighted by atomic mass is 9.95. The van der Waals surface area contributed by atoms with Crippen LogP contribution in [0.4, 0.5) is 0 Å². The molecule has 0 saturated heterocycles. The van der Waals surface area contributed by atoms with E-state index < -0.39 is 8.07 Å². The first kappa shape index (κ1) is 20.8. The topological polar surface area (TPSA) is 26.3 Å². The summed E-state index contributed by atoms with van der Waals surface area (Å²) in [5.74, 6) is 4.55. The molecule has 0 bridgehead atoms. The SMILES string of the molecule is CC(=O)c1ccc2c(c1)CC(C)(CC#C[Si](C(C)C)(C(C)C)C(C)C)O2. The van der Waals surface area contributed by atoms with Gasteiger partial charge < -0.3 is 4.74 Å². The Morgan fingerprint density at radius 3 is 2.23 bits per heavy atom. The van der Waals surface area contributed by atoms with Crippen molar-refractivity contribution >= 4 is 13.9 Å². The van der Waals surface area contributed by atoms with Gasteiger partial charge in [0.2, 0.25) is 0 Å². The fourth-order valence-electron chi connectivity index (χ4n) is 4.66. The number of carbonyl (C=O) groups excluding carboxylic acids is 1. The van der Waals surface area contributed by atoms with Gasteiger partial charge in [-0.1, -0.05) is 41.5 Å². The molecule has 2 rings (SSSR count). The van der Waals surface area contributed by atoms with Crippen LogP contribution in [0.2, 0.25) is 16.6 Å². The van der Waals surface area contributed by atoms with E-state index in [-0.39, 0.29) is 11.4 Å². The quantitative estimate of drug-likeness (QED) is 0.351. The third-order valence-corrected chi connectivity index (χ3v) is 12.4. The highest BCUT2D eigenvalue weighted by Gasteiger charge is 2.42. The van der Waals surface area contributed by atoms with Crippen LogP contribution in [0.1, 0.15) is 77.7 Å². The molecule has 0 amide bonds. The van der Waals surface area contributed by atoms with Gasteiger partial charge in [0.15, 0.2) is 5.78 Å². The molecule has 1 unspecified atom stereocenters. The van der Waals surface area contributed by atoms with E-state index in [9.17, 15) is 4.79 Å². The van der Waals surface area contributed by atoms with Crippen LogP contribution < -0.4 is 4.74 Å². The van der Waals surface area contributed by atoms with Crippen LogP contribution in [0.3, 0.4) is 0 Å². The number of ketones is 1. The van der Waals surface area contributed by atoms with Crippen molar-refractivity contribution in [3.05, 3.63) is 29.3 Å². The van der Waals surface area contributed by atoms with E-state index >= 15 is 0 Å². The largest absolute Gasteiger partial charge is 0.486 e. The van der Waals surface area contributed by atoms with Gasteiger partial charge in [0, 0.05) is 18.4 Å². The van der Waals surface area contributed by atoms with Crippen molar-refractivity contribution in [2.24, 2.45) is 0 Å². The van der Waals surface area contributed by atoms with Crippen LogP contribution in [-0.2, 0) is 6.42 Å². The number of rotatable bonds is 5. The van der Waals surface area contributed by atoms with Crippen LogP contribution >= 0.6 is 0 Å². The number of Topliss-reactive ketones (excluding diaryl/α,β-unsaturated/α-hetero) is 1. The van der Waals surface area contributed by atoms with E-state index in [1.165, 1.54) is 0 Å². The zero-order chi connectivity index (χ0) is 19.7. The summed E-state index contributed by atoms with van der Waals surface area (Å²) in [4.78, 5) is 11.6. The maximum Gasteiger partial charge on any atom is 0.159 e. The van der Waals surface area contributed by atoms with Crippen molar-refractivity contribution < 1.29 is 9.53 Å². The van der Waals surface area contributed by atoms with Crippen molar-refractivity contribution in [2.45, 2.75) is 90.5 Å². The van der Waals surface area contributed by atoms with E-state index in [0.29, 0.717) is 16.6 Å². The molecule has 0 N–H and O–H groups in total. The molecule has 0 aliphatic carbocycles. The molecular formula is C23H34O2Si. The minimum absolute atomic E-state index is 0.0998. The number of ether oxygens (including phenoxy) is 1. The van der Waals surface area contributed by atoms with E-state index in [4.69, 9.17) is 4.74 Å². The fourth-order valence-corrected chi connectivity index (χ4v) is 9.92. The highest BCUT2D eigenvalue weighted by Crippen LogP contribution is 2.41. The first-order valence-electron chi connectivity index (χ1n) is 9.84. The van der Waals surface area contributed by atoms with Crippen molar-refractivity contribution in [3.63, 3.8) is 0 Å². The smallest absolute Gasteiger partial charge is 0.159 e. The Labute approximate surface area is 160 Å². The van der Waals surface area contributed by atoms with E-state index in [1.54, 1.807) is 6.92 Å². The van der Waals surface area contributed by atoms with Crippen molar-refractivity contribution in [1.29, 1.82) is 0 Å². The molecular weight excluding hydrogens is 336 g/mol. The van der Waals surface area contributed by atoms with Crippen molar-refractivity contribution in [1.82, 2.24) is 0 Å². The number of benzene rings is 1. The van der Waals surface area contributed by atoms with Gasteiger partial charge in [0.25, 0.3) is 0 Å². The summed E-state index contributed by atoms with van der Waals surface area (Å²) >= 11 is 0. The second-order valence-electron chi connectivity index (χ2n) is 8.98. The van der Waals surface area contributed by atoms with Crippen LogP contribution in [0.5, 0.6) is 5.75 Å². The monoisotopic (exact) mass is 370 g/mol. The molecule has 1 heterocycles. The number of carbonyl (C=O) groups is 1. The lowest BCUT2D eigenvalue weighted by Crippen LogP contribution is -2.43. The van der Waals surface area contributed by atoms with Crippen LogP contribution in [0.25, 0.3) is 0 Å². The second kappa shape index (κ2) is 7.60. The number of fused-ring (bicyclic) bond motifs is 1. The Balaban J connectivity index is 2.22. The summed E-state index contributed by atoms with van der Waals surface area (Å²) in [5, 5.41) is 0. The first-order valence-corrected chi connectivity index (χ1v) is 12.1. The second-order valence-corrected chi connectivity index (χ2v) is 14.6. The lowest BCUT2D eigenvalue weighted by Gasteiger charge is -2.38. The Morgan fingerprint density at radius 2 is 1.73 bits per heavy atom. The molecule has 0 radical (unpaired) electrons. The average molecular weight is 371 g/mol. The summed E-state index contributed by atoms with van der Waals surface area (Å²) in [6, 6.07) is 5.76. The summed E-state index contributed by atoms with van der Waals surface area (Å²) in [6.07, 6.45) is 1.55. The molecule has 1 atom stereocenters. The zero-order valence-electron chi connectivity index (χ0n) is 17.7. The molecule has 1 aliphatic rings. The Morgan fingerprint density at radius 1 is 1.15 bits per heavy atom. The maximum absolute atomic E-state index is 11.6. The summed E-state index contributed by atoms with van der Waals surface area (Å²) in [6.45, 7) is 17.8. The van der Waals surface area contributed by atoms with Crippen molar-refractivity contribution in [2.75, 3.05) is 0 Å².